The molecule has 0 radical (unpaired) electrons. The van der Waals surface area contributed by atoms with Crippen molar-refractivity contribution >= 4 is 11.3 Å². The van der Waals surface area contributed by atoms with Crippen LogP contribution in [0.2, 0.25) is 0 Å². The van der Waals surface area contributed by atoms with Gasteiger partial charge in [-0.15, -0.1) is 11.3 Å². The van der Waals surface area contributed by atoms with Gasteiger partial charge in [0.05, 0.1) is 6.04 Å². The molecule has 2 nitrogen and oxygen atoms in total. The van der Waals surface area contributed by atoms with Gasteiger partial charge >= 0.3 is 0 Å². The number of nitrogens with zero attached hydrogens (tertiary/aromatic N) is 1. The predicted octanol–water partition coefficient (Wildman–Crippen LogP) is 1.62. The average molecular weight is 184 g/mol. The van der Waals surface area contributed by atoms with Crippen molar-refractivity contribution in [1.29, 1.82) is 0 Å². The second-order valence-corrected chi connectivity index (χ2v) is 4.28. The molecule has 1 unspecified atom stereocenters. The molecule has 2 N–H and O–H groups in total. The van der Waals surface area contributed by atoms with Gasteiger partial charge < -0.3 is 10.6 Å². The van der Waals surface area contributed by atoms with Gasteiger partial charge in [0.25, 0.3) is 0 Å². The van der Waals surface area contributed by atoms with Crippen molar-refractivity contribution in [3.8, 4) is 0 Å². The molecule has 3 heteroatoms. The molecule has 0 spiro atoms. The van der Waals surface area contributed by atoms with Crippen molar-refractivity contribution in [2.75, 3.05) is 20.6 Å². The predicted molar refractivity (Wildman–Crippen MR) is 54.5 cm³/mol. The van der Waals surface area contributed by atoms with Crippen LogP contribution < -0.4 is 5.73 Å². The van der Waals surface area contributed by atoms with Crippen LogP contribution in [-0.4, -0.2) is 25.5 Å². The van der Waals surface area contributed by atoms with Gasteiger partial charge in [-0.3, -0.25) is 0 Å². The first-order valence-corrected chi connectivity index (χ1v) is 4.93. The molecule has 0 aliphatic carbocycles. The highest BCUT2D eigenvalue weighted by Crippen LogP contribution is 2.22. The lowest BCUT2D eigenvalue weighted by Gasteiger charge is -2.16. The first-order valence-electron chi connectivity index (χ1n) is 4.05. The Hall–Kier alpha value is -0.380. The van der Waals surface area contributed by atoms with Crippen molar-refractivity contribution in [2.45, 2.75) is 13.0 Å². The molecule has 1 heterocycles. The van der Waals surface area contributed by atoms with Gasteiger partial charge in [0.15, 0.2) is 0 Å². The molecule has 0 saturated heterocycles. The molecule has 1 aromatic heterocycles. The van der Waals surface area contributed by atoms with Crippen LogP contribution in [0.25, 0.3) is 0 Å². The molecular weight excluding hydrogens is 168 g/mol. The number of hydrogen-bond donors (Lipinski definition) is 1. The molecule has 0 aliphatic rings. The van der Waals surface area contributed by atoms with E-state index in [1.807, 2.05) is 14.1 Å². The summed E-state index contributed by atoms with van der Waals surface area (Å²) >= 11 is 1.75. The Morgan fingerprint density at radius 3 is 2.67 bits per heavy atom. The second kappa shape index (κ2) is 4.03. The minimum absolute atomic E-state index is 0.167. The van der Waals surface area contributed by atoms with Crippen LogP contribution in [-0.2, 0) is 0 Å². The molecule has 1 rings (SSSR count). The van der Waals surface area contributed by atoms with Gasteiger partial charge in [-0.1, -0.05) is 0 Å². The Kier molecular flexibility index (Phi) is 3.26. The summed E-state index contributed by atoms with van der Waals surface area (Å²) in [5, 5.41) is 2.10. The maximum Gasteiger partial charge on any atom is 0.0521 e. The lowest BCUT2D eigenvalue weighted by atomic mass is 10.2. The van der Waals surface area contributed by atoms with Gasteiger partial charge in [0, 0.05) is 11.4 Å². The van der Waals surface area contributed by atoms with E-state index >= 15 is 0 Å². The van der Waals surface area contributed by atoms with Crippen molar-refractivity contribution in [3.63, 3.8) is 0 Å². The second-order valence-electron chi connectivity index (χ2n) is 3.34. The molecular formula is C9H16N2S. The molecule has 1 atom stereocenters. The summed E-state index contributed by atoms with van der Waals surface area (Å²) in [5.41, 5.74) is 7.32. The summed E-state index contributed by atoms with van der Waals surface area (Å²) in [7, 11) is 4.09. The minimum atomic E-state index is 0.167. The van der Waals surface area contributed by atoms with Crippen LogP contribution in [0.4, 0.5) is 0 Å². The fourth-order valence-electron chi connectivity index (χ4n) is 1.24. The normalized spacial score (nSPS) is 13.8. The van der Waals surface area contributed by atoms with Crippen molar-refractivity contribution in [3.05, 3.63) is 21.9 Å². The highest BCUT2D eigenvalue weighted by Gasteiger charge is 2.10. The smallest absolute Gasteiger partial charge is 0.0521 e. The van der Waals surface area contributed by atoms with Gasteiger partial charge in [-0.2, -0.15) is 0 Å². The minimum Gasteiger partial charge on any atom is -0.322 e. The Labute approximate surface area is 78.0 Å². The topological polar surface area (TPSA) is 29.3 Å². The summed E-state index contributed by atoms with van der Waals surface area (Å²) in [6, 6.07) is 2.29. The average Bonchev–Trinajstić information content (AvgIpc) is 2.33. The quantitative estimate of drug-likeness (QED) is 0.773. The third-order valence-electron chi connectivity index (χ3n) is 1.80. The summed E-state index contributed by atoms with van der Waals surface area (Å²) in [6.45, 7) is 3.03. The summed E-state index contributed by atoms with van der Waals surface area (Å²) in [6.07, 6.45) is 0. The number of hydrogen-bond acceptors (Lipinski definition) is 3. The molecule has 12 heavy (non-hydrogen) atoms. The van der Waals surface area contributed by atoms with E-state index in [-0.39, 0.29) is 6.04 Å². The molecule has 1 aromatic rings. The largest absolute Gasteiger partial charge is 0.322 e. The number of thiophene rings is 1. The zero-order valence-corrected chi connectivity index (χ0v) is 8.69. The molecule has 0 aliphatic heterocycles. The Balaban J connectivity index is 2.65. The van der Waals surface area contributed by atoms with Gasteiger partial charge in [-0.05, 0) is 38.0 Å². The zero-order chi connectivity index (χ0) is 9.14. The summed E-state index contributed by atoms with van der Waals surface area (Å²) < 4.78 is 0. The summed E-state index contributed by atoms with van der Waals surface area (Å²) in [4.78, 5) is 3.42. The molecule has 0 saturated carbocycles. The van der Waals surface area contributed by atoms with E-state index in [4.69, 9.17) is 5.73 Å². The van der Waals surface area contributed by atoms with E-state index < -0.39 is 0 Å². The van der Waals surface area contributed by atoms with Crippen LogP contribution in [0.15, 0.2) is 11.4 Å². The van der Waals surface area contributed by atoms with Crippen LogP contribution in [0.5, 0.6) is 0 Å². The molecule has 0 bridgehead atoms. The summed E-state index contributed by atoms with van der Waals surface area (Å²) in [5.74, 6) is 0. The monoisotopic (exact) mass is 184 g/mol. The van der Waals surface area contributed by atoms with Crippen molar-refractivity contribution < 1.29 is 0 Å². The van der Waals surface area contributed by atoms with E-state index in [1.54, 1.807) is 11.3 Å². The highest BCUT2D eigenvalue weighted by atomic mass is 32.1. The van der Waals surface area contributed by atoms with Crippen molar-refractivity contribution in [2.24, 2.45) is 5.73 Å². The maximum absolute atomic E-state index is 6.01. The highest BCUT2D eigenvalue weighted by molar-refractivity contribution is 7.10. The van der Waals surface area contributed by atoms with Crippen LogP contribution in [0, 0.1) is 6.92 Å². The third-order valence-corrected chi connectivity index (χ3v) is 2.95. The van der Waals surface area contributed by atoms with Gasteiger partial charge in [0.1, 0.15) is 0 Å². The fourth-order valence-corrected chi connectivity index (χ4v) is 2.16. The lowest BCUT2D eigenvalue weighted by molar-refractivity contribution is 0.378. The lowest BCUT2D eigenvalue weighted by Crippen LogP contribution is -2.25. The maximum atomic E-state index is 6.01. The molecule has 68 valence electrons. The van der Waals surface area contributed by atoms with E-state index in [0.29, 0.717) is 0 Å². The molecule has 0 fully saturated rings. The van der Waals surface area contributed by atoms with E-state index in [9.17, 15) is 0 Å². The number of nitrogens with two attached hydrogens (primary N) is 1. The SMILES string of the molecule is Cc1ccsc1C(N)CN(C)C. The van der Waals surface area contributed by atoms with Crippen molar-refractivity contribution in [1.82, 2.24) is 4.90 Å². The van der Waals surface area contributed by atoms with Gasteiger partial charge in [0.2, 0.25) is 0 Å². The van der Waals surface area contributed by atoms with Crippen LogP contribution in [0.1, 0.15) is 16.5 Å². The number of aryl methyl sites for hydroxylation is 1. The first kappa shape index (κ1) is 9.71. The van der Waals surface area contributed by atoms with E-state index in [1.165, 1.54) is 10.4 Å². The number of rotatable bonds is 3. The zero-order valence-electron chi connectivity index (χ0n) is 7.87. The van der Waals surface area contributed by atoms with E-state index in [0.717, 1.165) is 6.54 Å². The van der Waals surface area contributed by atoms with Crippen LogP contribution >= 0.6 is 11.3 Å². The number of likely N-dealkylation sites (N-methyl/N-ethyl adjacent to an activating group) is 1. The van der Waals surface area contributed by atoms with E-state index in [2.05, 4.69) is 23.3 Å². The fraction of sp³-hybridized carbons (Fsp3) is 0.556. The Morgan fingerprint density at radius 1 is 1.58 bits per heavy atom. The Morgan fingerprint density at radius 2 is 2.25 bits per heavy atom. The first-order chi connectivity index (χ1) is 5.61. The van der Waals surface area contributed by atoms with Crippen LogP contribution in [0.3, 0.4) is 0 Å². The standard InChI is InChI=1S/C9H16N2S/c1-7-4-5-12-9(7)8(10)6-11(2)3/h4-5,8H,6,10H2,1-3H3. The third kappa shape index (κ3) is 2.30. The molecule has 0 aromatic carbocycles. The Bertz CT molecular complexity index is 242. The molecule has 0 amide bonds. The van der Waals surface area contributed by atoms with Gasteiger partial charge in [-0.25, -0.2) is 0 Å².